The molecule has 31 heavy (non-hydrogen) atoms. The number of fused-ring (bicyclic) bond motifs is 1. The van der Waals surface area contributed by atoms with E-state index in [1.54, 1.807) is 12.3 Å². The minimum atomic E-state index is 0.0562. The van der Waals surface area contributed by atoms with Crippen molar-refractivity contribution in [2.24, 2.45) is 5.92 Å². The number of aryl methyl sites for hydroxylation is 2. The first-order chi connectivity index (χ1) is 15.0. The zero-order valence-electron chi connectivity index (χ0n) is 18.0. The van der Waals surface area contributed by atoms with Crippen molar-refractivity contribution in [3.05, 3.63) is 29.1 Å². The Hall–Kier alpha value is -3.16. The van der Waals surface area contributed by atoms with Crippen LogP contribution < -0.4 is 16.4 Å². The van der Waals surface area contributed by atoms with Gasteiger partial charge in [0.05, 0.1) is 31.6 Å². The first kappa shape index (κ1) is 22.5. The maximum absolute atomic E-state index is 9.57. The van der Waals surface area contributed by atoms with Crippen LogP contribution in [0.25, 0.3) is 5.65 Å². The molecule has 1 fully saturated rings. The second-order valence-corrected chi connectivity index (χ2v) is 7.67. The normalized spacial score (nSPS) is 18.5. The number of aliphatic hydroxyl groups is 1. The molecule has 0 spiro atoms. The van der Waals surface area contributed by atoms with Crippen LogP contribution in [0.4, 0.5) is 11.6 Å². The van der Waals surface area contributed by atoms with Gasteiger partial charge in [0.1, 0.15) is 23.3 Å². The molecule has 10 nitrogen and oxygen atoms in total. The molecular formula is C21H30N8O2. The maximum atomic E-state index is 9.57. The lowest BCUT2D eigenvalue weighted by Crippen LogP contribution is -2.33. The van der Waals surface area contributed by atoms with Crippen molar-refractivity contribution in [1.29, 1.82) is 10.7 Å². The molecule has 0 amide bonds. The number of anilines is 2. The van der Waals surface area contributed by atoms with E-state index in [1.165, 1.54) is 4.52 Å². The fraction of sp³-hybridized carbons (Fsp3) is 0.524. The average Bonchev–Trinajstić information content (AvgIpc) is 3.33. The van der Waals surface area contributed by atoms with Crippen molar-refractivity contribution in [3.8, 4) is 6.07 Å². The van der Waals surface area contributed by atoms with Crippen LogP contribution in [0.1, 0.15) is 36.6 Å². The number of aliphatic hydroxyl groups excluding tert-OH is 1. The maximum Gasteiger partial charge on any atom is 0.163 e. The Labute approximate surface area is 181 Å². The van der Waals surface area contributed by atoms with Crippen LogP contribution in [0.2, 0.25) is 0 Å². The number of nitrogens with one attached hydrogen (secondary N) is 3. The summed E-state index contributed by atoms with van der Waals surface area (Å²) < 4.78 is 6.88. The van der Waals surface area contributed by atoms with Gasteiger partial charge in [-0.1, -0.05) is 13.3 Å². The van der Waals surface area contributed by atoms with E-state index < -0.39 is 0 Å². The molecule has 2 atom stereocenters. The molecule has 1 saturated heterocycles. The van der Waals surface area contributed by atoms with Gasteiger partial charge in [0, 0.05) is 30.2 Å². The van der Waals surface area contributed by atoms with Gasteiger partial charge in [0.2, 0.25) is 0 Å². The lowest BCUT2D eigenvalue weighted by Gasteiger charge is -2.15. The molecule has 1 aliphatic rings. The second kappa shape index (κ2) is 10.2. The van der Waals surface area contributed by atoms with Gasteiger partial charge in [-0.2, -0.15) is 14.9 Å². The molecule has 0 bridgehead atoms. The van der Waals surface area contributed by atoms with Crippen molar-refractivity contribution in [2.45, 2.75) is 39.2 Å². The molecule has 10 heteroatoms. The molecule has 3 rings (SSSR count). The Kier molecular flexibility index (Phi) is 7.44. The van der Waals surface area contributed by atoms with Crippen LogP contribution in [0.5, 0.6) is 0 Å². The smallest absolute Gasteiger partial charge is 0.163 e. The third-order valence-electron chi connectivity index (χ3n) is 5.42. The van der Waals surface area contributed by atoms with Gasteiger partial charge in [-0.15, -0.1) is 0 Å². The third-order valence-corrected chi connectivity index (χ3v) is 5.42. The number of nitrogens with two attached hydrogens (primary N) is 1. The largest absolute Gasteiger partial charge is 0.396 e. The molecular weight excluding hydrogens is 396 g/mol. The lowest BCUT2D eigenvalue weighted by atomic mass is 10.1. The van der Waals surface area contributed by atoms with Gasteiger partial charge in [0.15, 0.2) is 5.65 Å². The number of nitriles is 1. The van der Waals surface area contributed by atoms with Gasteiger partial charge in [-0.25, -0.2) is 4.98 Å². The molecule has 3 heterocycles. The fourth-order valence-corrected chi connectivity index (χ4v) is 3.63. The van der Waals surface area contributed by atoms with Crippen LogP contribution in [-0.2, 0) is 11.2 Å². The number of hydrogen-bond donors (Lipinski definition) is 5. The summed E-state index contributed by atoms with van der Waals surface area (Å²) in [5.41, 5.74) is 9.41. The molecule has 166 valence electrons. The van der Waals surface area contributed by atoms with Gasteiger partial charge in [-0.05, 0) is 25.6 Å². The summed E-state index contributed by atoms with van der Waals surface area (Å²) in [6, 6.07) is 2.17. The van der Waals surface area contributed by atoms with Crippen molar-refractivity contribution in [1.82, 2.24) is 19.9 Å². The highest BCUT2D eigenvalue weighted by molar-refractivity contribution is 5.92. The molecule has 2 aromatic heterocycles. The predicted molar refractivity (Wildman–Crippen MR) is 119 cm³/mol. The highest BCUT2D eigenvalue weighted by atomic mass is 16.5. The quantitative estimate of drug-likeness (QED) is 0.357. The third kappa shape index (κ3) is 4.95. The summed E-state index contributed by atoms with van der Waals surface area (Å²) in [6.45, 7) is 5.60. The Morgan fingerprint density at radius 1 is 1.48 bits per heavy atom. The molecule has 0 aromatic carbocycles. The zero-order chi connectivity index (χ0) is 22.4. The summed E-state index contributed by atoms with van der Waals surface area (Å²) >= 11 is 0. The van der Waals surface area contributed by atoms with Crippen LogP contribution in [0.15, 0.2) is 12.3 Å². The van der Waals surface area contributed by atoms with E-state index >= 15 is 0 Å². The van der Waals surface area contributed by atoms with E-state index in [1.807, 2.05) is 6.92 Å². The summed E-state index contributed by atoms with van der Waals surface area (Å²) in [6.07, 6.45) is 5.64. The van der Waals surface area contributed by atoms with E-state index in [9.17, 15) is 10.4 Å². The molecule has 0 aliphatic carbocycles. The number of hydrogen-bond acceptors (Lipinski definition) is 9. The monoisotopic (exact) mass is 426 g/mol. The minimum Gasteiger partial charge on any atom is -0.396 e. The molecule has 1 aliphatic heterocycles. The second-order valence-electron chi connectivity index (χ2n) is 7.67. The Morgan fingerprint density at radius 3 is 3.00 bits per heavy atom. The first-order valence-corrected chi connectivity index (χ1v) is 10.5. The predicted octanol–water partition coefficient (Wildman–Crippen LogP) is 1.38. The Bertz CT molecular complexity index is 1010. The highest BCUT2D eigenvalue weighted by Gasteiger charge is 2.26. The number of ether oxygens (including phenoxy) is 1. The van der Waals surface area contributed by atoms with Gasteiger partial charge in [0.25, 0.3) is 0 Å². The van der Waals surface area contributed by atoms with Crippen molar-refractivity contribution in [2.75, 3.05) is 37.4 Å². The molecule has 0 saturated carbocycles. The summed E-state index contributed by atoms with van der Waals surface area (Å²) in [4.78, 5) is 4.62. The standard InChI is InChI=1S/C21H30N8O2/c1-3-4-16-13(2)28-29-19(24)17(9-22)20(27-21(16)29)26-8-6-15(23)5-7-25-18-12-31-11-14(18)10-30/h5,7,14,18,23,25,30H,3-4,6,8,10-12,24H2,1-2H3,(H,26,27)/b7-5-,23-15?. The minimum absolute atomic E-state index is 0.0562. The molecule has 6 N–H and O–H groups in total. The Balaban J connectivity index is 1.63. The summed E-state index contributed by atoms with van der Waals surface area (Å²) in [5, 5.41) is 37.8. The lowest BCUT2D eigenvalue weighted by molar-refractivity contribution is 0.160. The number of allylic oxidation sites excluding steroid dienone is 1. The van der Waals surface area contributed by atoms with Crippen LogP contribution in [0.3, 0.4) is 0 Å². The van der Waals surface area contributed by atoms with Crippen molar-refractivity contribution < 1.29 is 9.84 Å². The highest BCUT2D eigenvalue weighted by Crippen LogP contribution is 2.25. The topological polar surface area (TPSA) is 157 Å². The van der Waals surface area contributed by atoms with Gasteiger partial charge >= 0.3 is 0 Å². The van der Waals surface area contributed by atoms with E-state index in [2.05, 4.69) is 33.7 Å². The van der Waals surface area contributed by atoms with Crippen LogP contribution in [0, 0.1) is 29.6 Å². The summed E-state index contributed by atoms with van der Waals surface area (Å²) in [7, 11) is 0. The van der Waals surface area contributed by atoms with Crippen molar-refractivity contribution in [3.63, 3.8) is 0 Å². The van der Waals surface area contributed by atoms with Gasteiger partial charge < -0.3 is 31.6 Å². The molecule has 2 aromatic rings. The number of nitrogens with zero attached hydrogens (tertiary/aromatic N) is 4. The van der Waals surface area contributed by atoms with Crippen LogP contribution in [-0.4, -0.2) is 57.8 Å². The van der Waals surface area contributed by atoms with E-state index in [0.29, 0.717) is 43.4 Å². The van der Waals surface area contributed by atoms with Gasteiger partial charge in [-0.3, -0.25) is 0 Å². The van der Waals surface area contributed by atoms with E-state index in [-0.39, 0.29) is 29.9 Å². The molecule has 2 unspecified atom stereocenters. The van der Waals surface area contributed by atoms with E-state index in [4.69, 9.17) is 15.9 Å². The first-order valence-electron chi connectivity index (χ1n) is 10.5. The summed E-state index contributed by atoms with van der Waals surface area (Å²) in [5.74, 6) is 0.742. The fourth-order valence-electron chi connectivity index (χ4n) is 3.63. The zero-order valence-corrected chi connectivity index (χ0v) is 18.0. The van der Waals surface area contributed by atoms with Crippen LogP contribution >= 0.6 is 0 Å². The molecule has 0 radical (unpaired) electrons. The van der Waals surface area contributed by atoms with E-state index in [0.717, 1.165) is 24.1 Å². The Morgan fingerprint density at radius 2 is 2.29 bits per heavy atom. The van der Waals surface area contributed by atoms with Crippen molar-refractivity contribution >= 4 is 23.0 Å². The average molecular weight is 427 g/mol. The number of nitrogen functional groups attached to an aromatic ring is 1. The number of rotatable bonds is 10. The SMILES string of the molecule is CCCc1c(C)nn2c(N)c(C#N)c(NCCC(=N)/C=C\NC3COCC3CO)nc12. The number of aromatic nitrogens is 3.